The third-order valence-corrected chi connectivity index (χ3v) is 4.02. The van der Waals surface area contributed by atoms with Crippen LogP contribution in [-0.4, -0.2) is 24.0 Å². The van der Waals surface area contributed by atoms with E-state index in [4.69, 9.17) is 0 Å². The molecule has 0 spiro atoms. The largest absolute Gasteiger partial charge is 0.301 e. The fourth-order valence-electron chi connectivity index (χ4n) is 2.73. The van der Waals surface area contributed by atoms with E-state index >= 15 is 0 Å². The third-order valence-electron chi connectivity index (χ3n) is 4.02. The SMILES string of the molecule is Cc1ccc(CC2CCN(C(C)C)CC2)cc1. The van der Waals surface area contributed by atoms with Gasteiger partial charge in [0.25, 0.3) is 0 Å². The first-order valence-corrected chi connectivity index (χ1v) is 6.95. The van der Waals surface area contributed by atoms with E-state index in [0.717, 1.165) is 12.0 Å². The molecule has 0 atom stereocenters. The molecule has 1 fully saturated rings. The second-order valence-electron chi connectivity index (χ2n) is 5.76. The van der Waals surface area contributed by atoms with Gasteiger partial charge in [-0.15, -0.1) is 0 Å². The topological polar surface area (TPSA) is 3.24 Å². The van der Waals surface area contributed by atoms with Gasteiger partial charge in [-0.2, -0.15) is 0 Å². The monoisotopic (exact) mass is 231 g/mol. The molecule has 1 aliphatic heterocycles. The molecule has 0 amide bonds. The van der Waals surface area contributed by atoms with Gasteiger partial charge >= 0.3 is 0 Å². The first-order valence-electron chi connectivity index (χ1n) is 6.95. The summed E-state index contributed by atoms with van der Waals surface area (Å²) < 4.78 is 0. The molecule has 0 unspecified atom stereocenters. The van der Waals surface area contributed by atoms with Crippen molar-refractivity contribution in [2.45, 2.75) is 46.1 Å². The molecule has 94 valence electrons. The predicted molar refractivity (Wildman–Crippen MR) is 74.3 cm³/mol. The second kappa shape index (κ2) is 5.68. The Labute approximate surface area is 106 Å². The van der Waals surface area contributed by atoms with E-state index in [1.807, 2.05) is 0 Å². The number of hydrogen-bond acceptors (Lipinski definition) is 1. The number of benzene rings is 1. The minimum atomic E-state index is 0.718. The van der Waals surface area contributed by atoms with E-state index < -0.39 is 0 Å². The normalized spacial score (nSPS) is 18.8. The van der Waals surface area contributed by atoms with Gasteiger partial charge in [0.15, 0.2) is 0 Å². The molecular weight excluding hydrogens is 206 g/mol. The zero-order chi connectivity index (χ0) is 12.3. The molecule has 1 aliphatic rings. The van der Waals surface area contributed by atoms with Gasteiger partial charge in [0, 0.05) is 6.04 Å². The lowest BCUT2D eigenvalue weighted by molar-refractivity contribution is 0.149. The van der Waals surface area contributed by atoms with Crippen LogP contribution in [0.2, 0.25) is 0 Å². The maximum absolute atomic E-state index is 2.60. The van der Waals surface area contributed by atoms with E-state index in [-0.39, 0.29) is 0 Å². The van der Waals surface area contributed by atoms with Gasteiger partial charge in [0.2, 0.25) is 0 Å². The summed E-state index contributed by atoms with van der Waals surface area (Å²) in [7, 11) is 0. The summed E-state index contributed by atoms with van der Waals surface area (Å²) in [6.07, 6.45) is 4.00. The summed E-state index contributed by atoms with van der Waals surface area (Å²) in [5, 5.41) is 0. The Morgan fingerprint density at radius 2 is 1.71 bits per heavy atom. The number of likely N-dealkylation sites (tertiary alicyclic amines) is 1. The van der Waals surface area contributed by atoms with Crippen LogP contribution in [0, 0.1) is 12.8 Å². The predicted octanol–water partition coefficient (Wildman–Crippen LogP) is 3.66. The van der Waals surface area contributed by atoms with E-state index in [9.17, 15) is 0 Å². The van der Waals surface area contributed by atoms with Gasteiger partial charge < -0.3 is 4.90 Å². The highest BCUT2D eigenvalue weighted by Crippen LogP contribution is 2.22. The lowest BCUT2D eigenvalue weighted by atomic mass is 9.89. The molecule has 1 nitrogen and oxygen atoms in total. The fourth-order valence-corrected chi connectivity index (χ4v) is 2.73. The number of rotatable bonds is 3. The van der Waals surface area contributed by atoms with Crippen LogP contribution < -0.4 is 0 Å². The van der Waals surface area contributed by atoms with Crippen molar-refractivity contribution in [2.75, 3.05) is 13.1 Å². The zero-order valence-electron chi connectivity index (χ0n) is 11.4. The van der Waals surface area contributed by atoms with Crippen LogP contribution in [-0.2, 0) is 6.42 Å². The third kappa shape index (κ3) is 3.57. The summed E-state index contributed by atoms with van der Waals surface area (Å²) in [6, 6.07) is 9.78. The number of piperidine rings is 1. The van der Waals surface area contributed by atoms with Crippen LogP contribution in [0.1, 0.15) is 37.8 Å². The molecule has 17 heavy (non-hydrogen) atoms. The van der Waals surface area contributed by atoms with Crippen LogP contribution >= 0.6 is 0 Å². The Kier molecular flexibility index (Phi) is 4.22. The second-order valence-corrected chi connectivity index (χ2v) is 5.76. The minimum Gasteiger partial charge on any atom is -0.301 e. The molecule has 0 aliphatic carbocycles. The highest BCUT2D eigenvalue weighted by Gasteiger charge is 2.20. The highest BCUT2D eigenvalue weighted by atomic mass is 15.1. The molecule has 1 aromatic carbocycles. The minimum absolute atomic E-state index is 0.718. The Balaban J connectivity index is 1.84. The zero-order valence-corrected chi connectivity index (χ0v) is 11.4. The van der Waals surface area contributed by atoms with Crippen LogP contribution in [0.3, 0.4) is 0 Å². The first kappa shape index (κ1) is 12.6. The number of nitrogens with zero attached hydrogens (tertiary/aromatic N) is 1. The van der Waals surface area contributed by atoms with Crippen molar-refractivity contribution in [3.05, 3.63) is 35.4 Å². The lowest BCUT2D eigenvalue weighted by Crippen LogP contribution is -2.38. The van der Waals surface area contributed by atoms with Crippen LogP contribution in [0.5, 0.6) is 0 Å². The molecule has 1 heteroatoms. The highest BCUT2D eigenvalue weighted by molar-refractivity contribution is 5.21. The van der Waals surface area contributed by atoms with Gasteiger partial charge in [-0.25, -0.2) is 0 Å². The summed E-state index contributed by atoms with van der Waals surface area (Å²) in [5.74, 6) is 0.896. The Morgan fingerprint density at radius 1 is 1.12 bits per heavy atom. The quantitative estimate of drug-likeness (QED) is 0.767. The van der Waals surface area contributed by atoms with Crippen LogP contribution in [0.15, 0.2) is 24.3 Å². The van der Waals surface area contributed by atoms with Gasteiger partial charge in [-0.3, -0.25) is 0 Å². The van der Waals surface area contributed by atoms with E-state index in [0.29, 0.717) is 0 Å². The Bertz CT molecular complexity index is 331. The van der Waals surface area contributed by atoms with Crippen molar-refractivity contribution >= 4 is 0 Å². The van der Waals surface area contributed by atoms with Crippen molar-refractivity contribution in [1.29, 1.82) is 0 Å². The molecule has 0 radical (unpaired) electrons. The molecule has 1 aromatic rings. The summed E-state index contributed by atoms with van der Waals surface area (Å²) in [5.41, 5.74) is 2.88. The fraction of sp³-hybridized carbons (Fsp3) is 0.625. The van der Waals surface area contributed by atoms with Crippen LogP contribution in [0.25, 0.3) is 0 Å². The summed E-state index contributed by atoms with van der Waals surface area (Å²) in [4.78, 5) is 2.60. The molecule has 2 rings (SSSR count). The van der Waals surface area contributed by atoms with Crippen LogP contribution in [0.4, 0.5) is 0 Å². The molecule has 0 bridgehead atoms. The van der Waals surface area contributed by atoms with E-state index in [1.165, 1.54) is 43.5 Å². The van der Waals surface area contributed by atoms with Crippen molar-refractivity contribution in [2.24, 2.45) is 5.92 Å². The average molecular weight is 231 g/mol. The Morgan fingerprint density at radius 3 is 2.24 bits per heavy atom. The molecular formula is C16H25N. The van der Waals surface area contributed by atoms with Gasteiger partial charge in [0.1, 0.15) is 0 Å². The van der Waals surface area contributed by atoms with Crippen molar-refractivity contribution < 1.29 is 0 Å². The van der Waals surface area contributed by atoms with E-state index in [1.54, 1.807) is 0 Å². The number of aryl methyl sites for hydroxylation is 1. The molecule has 0 N–H and O–H groups in total. The average Bonchev–Trinajstić information content (AvgIpc) is 2.33. The van der Waals surface area contributed by atoms with Gasteiger partial charge in [-0.1, -0.05) is 29.8 Å². The molecule has 0 saturated carbocycles. The van der Waals surface area contributed by atoms with E-state index in [2.05, 4.69) is 49.9 Å². The lowest BCUT2D eigenvalue weighted by Gasteiger charge is -2.34. The maximum Gasteiger partial charge on any atom is 0.00385 e. The first-order chi connectivity index (χ1) is 8.15. The maximum atomic E-state index is 2.60. The smallest absolute Gasteiger partial charge is 0.00385 e. The van der Waals surface area contributed by atoms with Crippen molar-refractivity contribution in [3.63, 3.8) is 0 Å². The Hall–Kier alpha value is -0.820. The standard InChI is InChI=1S/C16H25N/c1-13(2)17-10-8-16(9-11-17)12-15-6-4-14(3)5-7-15/h4-7,13,16H,8-12H2,1-3H3. The summed E-state index contributed by atoms with van der Waals surface area (Å²) >= 11 is 0. The molecule has 1 saturated heterocycles. The van der Waals surface area contributed by atoms with Gasteiger partial charge in [-0.05, 0) is 64.6 Å². The van der Waals surface area contributed by atoms with Gasteiger partial charge in [0.05, 0.1) is 0 Å². The van der Waals surface area contributed by atoms with Crippen molar-refractivity contribution in [1.82, 2.24) is 4.90 Å². The number of hydrogen-bond donors (Lipinski definition) is 0. The summed E-state index contributed by atoms with van der Waals surface area (Å²) in [6.45, 7) is 9.34. The van der Waals surface area contributed by atoms with Crippen molar-refractivity contribution in [3.8, 4) is 0 Å². The molecule has 0 aromatic heterocycles. The molecule has 1 heterocycles.